The van der Waals surface area contributed by atoms with Crippen LogP contribution in [-0.4, -0.2) is 18.9 Å². The van der Waals surface area contributed by atoms with Crippen molar-refractivity contribution in [2.45, 2.75) is 45.7 Å². The van der Waals surface area contributed by atoms with Crippen LogP contribution in [0.3, 0.4) is 0 Å². The number of halogens is 2. The molecular weight excluding hydrogens is 233 g/mol. The first-order chi connectivity index (χ1) is 7.44. The van der Waals surface area contributed by atoms with E-state index >= 15 is 0 Å². The largest absolute Gasteiger partial charge is 0.330 e. The molecular formula is C11H21F2O2P. The van der Waals surface area contributed by atoms with Gasteiger partial charge in [0.05, 0.1) is 13.2 Å². The maximum atomic E-state index is 13.7. The van der Waals surface area contributed by atoms with E-state index < -0.39 is 14.0 Å². The van der Waals surface area contributed by atoms with Crippen molar-refractivity contribution in [1.29, 1.82) is 0 Å². The highest BCUT2D eigenvalue weighted by Gasteiger charge is 2.42. The summed E-state index contributed by atoms with van der Waals surface area (Å²) in [5.41, 5.74) is -2.50. The predicted octanol–water partition coefficient (Wildman–Crippen LogP) is 4.71. The second-order valence-electron chi connectivity index (χ2n) is 3.72. The number of allylic oxidation sites excluding steroid dienone is 1. The summed E-state index contributed by atoms with van der Waals surface area (Å²) in [4.78, 5) is 0. The lowest BCUT2D eigenvalue weighted by Crippen LogP contribution is -2.17. The van der Waals surface area contributed by atoms with Crippen molar-refractivity contribution in [3.8, 4) is 0 Å². The van der Waals surface area contributed by atoms with Gasteiger partial charge in [-0.3, -0.25) is 0 Å². The number of hydrogen-bond acceptors (Lipinski definition) is 2. The first-order valence-electron chi connectivity index (χ1n) is 5.52. The van der Waals surface area contributed by atoms with Gasteiger partial charge in [-0.1, -0.05) is 26.0 Å². The van der Waals surface area contributed by atoms with Crippen molar-refractivity contribution in [3.63, 3.8) is 0 Å². The lowest BCUT2D eigenvalue weighted by molar-refractivity contribution is 0.0578. The summed E-state index contributed by atoms with van der Waals surface area (Å²) in [7, 11) is -2.14. The van der Waals surface area contributed by atoms with Gasteiger partial charge in [0.15, 0.2) is 0 Å². The van der Waals surface area contributed by atoms with Crippen LogP contribution >= 0.6 is 8.38 Å². The second kappa shape index (κ2) is 8.10. The molecule has 0 aromatic heterocycles. The Morgan fingerprint density at radius 2 is 1.62 bits per heavy atom. The first kappa shape index (κ1) is 16.0. The quantitative estimate of drug-likeness (QED) is 0.438. The Labute approximate surface area is 97.9 Å². The molecule has 0 heterocycles. The highest BCUT2D eigenvalue weighted by atomic mass is 31.2. The van der Waals surface area contributed by atoms with Crippen molar-refractivity contribution in [2.24, 2.45) is 0 Å². The molecule has 0 aliphatic heterocycles. The van der Waals surface area contributed by atoms with E-state index in [9.17, 15) is 8.78 Å². The molecule has 0 unspecified atom stereocenters. The van der Waals surface area contributed by atoms with Crippen molar-refractivity contribution in [3.05, 3.63) is 12.2 Å². The Balaban J connectivity index is 4.37. The molecule has 0 N–H and O–H groups in total. The van der Waals surface area contributed by atoms with Crippen LogP contribution in [0.15, 0.2) is 12.2 Å². The second-order valence-corrected chi connectivity index (χ2v) is 5.41. The molecule has 0 aromatic rings. The van der Waals surface area contributed by atoms with Gasteiger partial charge >= 0.3 is 5.66 Å². The number of hydrogen-bond donors (Lipinski definition) is 0. The van der Waals surface area contributed by atoms with Crippen molar-refractivity contribution in [1.82, 2.24) is 0 Å². The zero-order valence-electron chi connectivity index (χ0n) is 10.3. The topological polar surface area (TPSA) is 18.5 Å². The van der Waals surface area contributed by atoms with Crippen LogP contribution in [0, 0.1) is 0 Å². The average Bonchev–Trinajstić information content (AvgIpc) is 2.15. The monoisotopic (exact) mass is 254 g/mol. The molecule has 0 atom stereocenters. The summed E-state index contributed by atoms with van der Waals surface area (Å²) in [5, 5.41) is 0. The Morgan fingerprint density at radius 3 is 1.94 bits per heavy atom. The fourth-order valence-electron chi connectivity index (χ4n) is 1.00. The van der Waals surface area contributed by atoms with Crippen LogP contribution in [0.1, 0.15) is 40.0 Å². The fraction of sp³-hybridized carbons (Fsp3) is 0.818. The molecule has 0 fully saturated rings. The Morgan fingerprint density at radius 1 is 1.19 bits per heavy atom. The summed E-state index contributed by atoms with van der Waals surface area (Å²) < 4.78 is 37.6. The van der Waals surface area contributed by atoms with Crippen molar-refractivity contribution in [2.75, 3.05) is 13.2 Å². The molecule has 96 valence electrons. The third-order valence-corrected chi connectivity index (χ3v) is 3.13. The number of alkyl halides is 2. The van der Waals surface area contributed by atoms with Gasteiger partial charge in [-0.25, -0.2) is 0 Å². The van der Waals surface area contributed by atoms with E-state index in [4.69, 9.17) is 9.05 Å². The van der Waals surface area contributed by atoms with Crippen LogP contribution in [0.4, 0.5) is 8.78 Å². The molecule has 2 nitrogen and oxygen atoms in total. The molecule has 0 radical (unpaired) electrons. The third kappa shape index (κ3) is 6.51. The zero-order valence-corrected chi connectivity index (χ0v) is 11.2. The Bertz CT molecular complexity index is 202. The van der Waals surface area contributed by atoms with Crippen LogP contribution in [0.25, 0.3) is 0 Å². The highest BCUT2D eigenvalue weighted by molar-refractivity contribution is 7.48. The van der Waals surface area contributed by atoms with E-state index in [1.807, 2.05) is 13.8 Å². The van der Waals surface area contributed by atoms with Gasteiger partial charge in [-0.2, -0.15) is 8.78 Å². The molecule has 16 heavy (non-hydrogen) atoms. The van der Waals surface area contributed by atoms with Gasteiger partial charge in [-0.15, -0.1) is 0 Å². The SMILES string of the molecule is C=C(C)CC(F)(F)P(OCCC)OCCC. The molecule has 0 aromatic carbocycles. The third-order valence-electron chi connectivity index (χ3n) is 1.61. The van der Waals surface area contributed by atoms with E-state index in [1.54, 1.807) is 6.92 Å². The summed E-state index contributed by atoms with van der Waals surface area (Å²) in [6.07, 6.45) is 1.04. The minimum Gasteiger partial charge on any atom is -0.330 e. The van der Waals surface area contributed by atoms with Crippen LogP contribution in [0.5, 0.6) is 0 Å². The van der Waals surface area contributed by atoms with Crippen LogP contribution < -0.4 is 0 Å². The minimum absolute atomic E-state index is 0.307. The minimum atomic E-state index is -2.94. The Kier molecular flexibility index (Phi) is 8.08. The highest BCUT2D eigenvalue weighted by Crippen LogP contribution is 2.56. The maximum absolute atomic E-state index is 13.7. The lowest BCUT2D eigenvalue weighted by Gasteiger charge is -2.25. The summed E-state index contributed by atoms with van der Waals surface area (Å²) in [5.74, 6) is 0. The zero-order chi connectivity index (χ0) is 12.6. The van der Waals surface area contributed by atoms with E-state index in [-0.39, 0.29) is 6.42 Å². The van der Waals surface area contributed by atoms with Crippen molar-refractivity contribution >= 4 is 8.38 Å². The van der Waals surface area contributed by atoms with Gasteiger partial charge in [0, 0.05) is 6.42 Å². The molecule has 0 saturated heterocycles. The fourth-order valence-corrected chi connectivity index (χ4v) is 2.55. The molecule has 0 spiro atoms. The molecule has 0 aliphatic carbocycles. The van der Waals surface area contributed by atoms with Gasteiger partial charge in [0.2, 0.25) is 8.38 Å². The lowest BCUT2D eigenvalue weighted by atomic mass is 10.2. The Hall–Kier alpha value is -0.0500. The van der Waals surface area contributed by atoms with E-state index in [2.05, 4.69) is 6.58 Å². The van der Waals surface area contributed by atoms with Gasteiger partial charge in [0.1, 0.15) is 0 Å². The van der Waals surface area contributed by atoms with E-state index in [0.717, 1.165) is 0 Å². The van der Waals surface area contributed by atoms with Crippen LogP contribution in [0.2, 0.25) is 0 Å². The summed E-state index contributed by atoms with van der Waals surface area (Å²) in [6, 6.07) is 0. The maximum Gasteiger partial charge on any atom is 0.318 e. The molecule has 0 saturated carbocycles. The van der Waals surface area contributed by atoms with Gasteiger partial charge < -0.3 is 9.05 Å². The first-order valence-corrected chi connectivity index (χ1v) is 6.70. The molecule has 0 rings (SSSR count). The molecule has 0 bridgehead atoms. The predicted molar refractivity (Wildman–Crippen MR) is 63.8 cm³/mol. The van der Waals surface area contributed by atoms with Gasteiger partial charge in [0.25, 0.3) is 0 Å². The number of rotatable bonds is 9. The van der Waals surface area contributed by atoms with Crippen LogP contribution in [-0.2, 0) is 9.05 Å². The summed E-state index contributed by atoms with van der Waals surface area (Å²) >= 11 is 0. The van der Waals surface area contributed by atoms with Crippen molar-refractivity contribution < 1.29 is 17.8 Å². The molecule has 5 heteroatoms. The molecule has 0 amide bonds. The normalized spacial score (nSPS) is 12.1. The van der Waals surface area contributed by atoms with Gasteiger partial charge in [-0.05, 0) is 19.8 Å². The average molecular weight is 254 g/mol. The van der Waals surface area contributed by atoms with E-state index in [1.165, 1.54) is 0 Å². The smallest absolute Gasteiger partial charge is 0.318 e. The van der Waals surface area contributed by atoms with E-state index in [0.29, 0.717) is 31.6 Å². The summed E-state index contributed by atoms with van der Waals surface area (Å²) in [6.45, 7) is 9.46. The molecule has 0 aliphatic rings. The standard InChI is InChI=1S/C11H21F2O2P/c1-5-7-14-16(15-8-6-2)11(12,13)9-10(3)4/h3,5-9H2,1-2,4H3.